The van der Waals surface area contributed by atoms with Crippen molar-refractivity contribution in [2.75, 3.05) is 42.9 Å². The Balaban J connectivity index is 1.50. The Labute approximate surface area is 157 Å². The van der Waals surface area contributed by atoms with Crippen molar-refractivity contribution < 1.29 is 9.18 Å². The molecule has 1 saturated heterocycles. The van der Waals surface area contributed by atoms with Crippen LogP contribution in [0.25, 0.3) is 0 Å². The Morgan fingerprint density at radius 3 is 2.50 bits per heavy atom. The van der Waals surface area contributed by atoms with Crippen molar-refractivity contribution >= 4 is 28.1 Å². The van der Waals surface area contributed by atoms with E-state index in [0.717, 1.165) is 36.3 Å². The van der Waals surface area contributed by atoms with Gasteiger partial charge in [-0.1, -0.05) is 44.2 Å². The molecule has 1 N–H and O–H groups in total. The highest BCUT2D eigenvalue weighted by molar-refractivity contribution is 7.15. The summed E-state index contributed by atoms with van der Waals surface area (Å²) in [5.41, 5.74) is 0.224. The molecule has 0 bridgehead atoms. The van der Waals surface area contributed by atoms with E-state index in [1.54, 1.807) is 29.5 Å². The molecule has 1 aromatic carbocycles. The minimum absolute atomic E-state index is 0.00252. The number of aromatic nitrogens is 2. The van der Waals surface area contributed by atoms with E-state index in [0.29, 0.717) is 0 Å². The third-order valence-electron chi connectivity index (χ3n) is 4.21. The van der Waals surface area contributed by atoms with Gasteiger partial charge in [0.1, 0.15) is 10.8 Å². The molecule has 1 aliphatic heterocycles. The number of hydrogen-bond donors (Lipinski definition) is 1. The summed E-state index contributed by atoms with van der Waals surface area (Å²) >= 11 is 1.63. The van der Waals surface area contributed by atoms with Crippen LogP contribution in [0.3, 0.4) is 0 Å². The second-order valence-corrected chi connectivity index (χ2v) is 8.39. The van der Waals surface area contributed by atoms with Crippen LogP contribution in [0.4, 0.5) is 15.2 Å². The number of nitrogens with zero attached hydrogens (tertiary/aromatic N) is 4. The maximum absolute atomic E-state index is 13.6. The molecule has 140 valence electrons. The average molecular weight is 377 g/mol. The van der Waals surface area contributed by atoms with Crippen molar-refractivity contribution in [3.05, 3.63) is 35.1 Å². The van der Waals surface area contributed by atoms with E-state index < -0.39 is 5.82 Å². The average Bonchev–Trinajstić information content (AvgIpc) is 3.08. The Kier molecular flexibility index (Phi) is 5.52. The van der Waals surface area contributed by atoms with Gasteiger partial charge in [0, 0.05) is 31.6 Å². The van der Waals surface area contributed by atoms with E-state index in [-0.39, 0.29) is 23.6 Å². The first kappa shape index (κ1) is 18.7. The maximum Gasteiger partial charge on any atom is 0.238 e. The summed E-state index contributed by atoms with van der Waals surface area (Å²) in [4.78, 5) is 16.4. The van der Waals surface area contributed by atoms with Crippen molar-refractivity contribution in [3.8, 4) is 0 Å². The summed E-state index contributed by atoms with van der Waals surface area (Å²) in [5, 5.41) is 13.2. The predicted octanol–water partition coefficient (Wildman–Crippen LogP) is 2.74. The fourth-order valence-corrected chi connectivity index (χ4v) is 3.65. The fourth-order valence-electron chi connectivity index (χ4n) is 2.70. The minimum atomic E-state index is -0.420. The van der Waals surface area contributed by atoms with E-state index in [9.17, 15) is 9.18 Å². The first-order valence-corrected chi connectivity index (χ1v) is 9.50. The lowest BCUT2D eigenvalue weighted by Gasteiger charge is -2.33. The first-order valence-electron chi connectivity index (χ1n) is 8.68. The quantitative estimate of drug-likeness (QED) is 0.888. The molecule has 0 saturated carbocycles. The van der Waals surface area contributed by atoms with Crippen LogP contribution in [-0.4, -0.2) is 53.7 Å². The molecular formula is C18H24FN5OS. The van der Waals surface area contributed by atoms with Crippen molar-refractivity contribution in [1.82, 2.24) is 15.1 Å². The number of amides is 1. The van der Waals surface area contributed by atoms with Gasteiger partial charge in [0.05, 0.1) is 12.2 Å². The van der Waals surface area contributed by atoms with Gasteiger partial charge in [-0.3, -0.25) is 9.69 Å². The first-order chi connectivity index (χ1) is 12.3. The normalized spacial score (nSPS) is 15.9. The lowest BCUT2D eigenvalue weighted by atomic mass is 9.98. The molecular weight excluding hydrogens is 353 g/mol. The molecule has 0 atom stereocenters. The number of anilines is 2. The van der Waals surface area contributed by atoms with Crippen molar-refractivity contribution in [1.29, 1.82) is 0 Å². The van der Waals surface area contributed by atoms with Gasteiger partial charge < -0.3 is 10.2 Å². The van der Waals surface area contributed by atoms with E-state index in [1.807, 2.05) is 0 Å². The number of hydrogen-bond acceptors (Lipinski definition) is 6. The van der Waals surface area contributed by atoms with Gasteiger partial charge in [-0.15, -0.1) is 10.2 Å². The van der Waals surface area contributed by atoms with Crippen LogP contribution in [-0.2, 0) is 10.2 Å². The summed E-state index contributed by atoms with van der Waals surface area (Å²) in [6.07, 6.45) is 0. The largest absolute Gasteiger partial charge is 0.344 e. The third-order valence-corrected chi connectivity index (χ3v) is 5.62. The van der Waals surface area contributed by atoms with Crippen LogP contribution in [0.2, 0.25) is 0 Å². The molecule has 3 rings (SSSR count). The standard InChI is InChI=1S/C18H24FN5OS/c1-18(2,3)16-21-22-17(26-16)24-10-8-23(9-11-24)12-15(25)20-14-7-5-4-6-13(14)19/h4-7H,8-12H2,1-3H3,(H,20,25). The second kappa shape index (κ2) is 7.67. The van der Waals surface area contributed by atoms with Crippen LogP contribution < -0.4 is 10.2 Å². The molecule has 0 aliphatic carbocycles. The summed E-state index contributed by atoms with van der Waals surface area (Å²) in [5.74, 6) is -0.619. The van der Waals surface area contributed by atoms with Crippen LogP contribution >= 0.6 is 11.3 Å². The van der Waals surface area contributed by atoms with E-state index in [2.05, 4.69) is 46.1 Å². The lowest BCUT2D eigenvalue weighted by molar-refractivity contribution is -0.117. The van der Waals surface area contributed by atoms with Gasteiger partial charge in [-0.25, -0.2) is 4.39 Å². The Morgan fingerprint density at radius 1 is 1.19 bits per heavy atom. The van der Waals surface area contributed by atoms with Crippen molar-refractivity contribution in [2.45, 2.75) is 26.2 Å². The monoisotopic (exact) mass is 377 g/mol. The van der Waals surface area contributed by atoms with E-state index in [4.69, 9.17) is 0 Å². The molecule has 1 aliphatic rings. The van der Waals surface area contributed by atoms with Gasteiger partial charge in [0.2, 0.25) is 11.0 Å². The molecule has 1 amide bonds. The van der Waals surface area contributed by atoms with Gasteiger partial charge in [0.15, 0.2) is 0 Å². The fraction of sp³-hybridized carbons (Fsp3) is 0.500. The van der Waals surface area contributed by atoms with Gasteiger partial charge >= 0.3 is 0 Å². The zero-order valence-corrected chi connectivity index (χ0v) is 16.1. The molecule has 1 fully saturated rings. The predicted molar refractivity (Wildman–Crippen MR) is 102 cm³/mol. The summed E-state index contributed by atoms with van der Waals surface area (Å²) in [6.45, 7) is 9.75. The highest BCUT2D eigenvalue weighted by Crippen LogP contribution is 2.30. The smallest absolute Gasteiger partial charge is 0.238 e. The lowest BCUT2D eigenvalue weighted by Crippen LogP contribution is -2.48. The Bertz CT molecular complexity index is 765. The van der Waals surface area contributed by atoms with Gasteiger partial charge in [0.25, 0.3) is 0 Å². The zero-order valence-electron chi connectivity index (χ0n) is 15.3. The number of carbonyl (C=O) groups excluding carboxylic acids is 1. The molecule has 0 radical (unpaired) electrons. The van der Waals surface area contributed by atoms with E-state index >= 15 is 0 Å². The number of piperazine rings is 1. The van der Waals surface area contributed by atoms with E-state index in [1.165, 1.54) is 6.07 Å². The number of rotatable bonds is 4. The van der Waals surface area contributed by atoms with Gasteiger partial charge in [-0.05, 0) is 12.1 Å². The second-order valence-electron chi connectivity index (χ2n) is 7.43. The molecule has 8 heteroatoms. The SMILES string of the molecule is CC(C)(C)c1nnc(N2CCN(CC(=O)Nc3ccccc3F)CC2)s1. The van der Waals surface area contributed by atoms with Crippen molar-refractivity contribution in [2.24, 2.45) is 0 Å². The number of benzene rings is 1. The van der Waals surface area contributed by atoms with Crippen molar-refractivity contribution in [3.63, 3.8) is 0 Å². The number of para-hydroxylation sites is 1. The third kappa shape index (κ3) is 4.56. The Hall–Kier alpha value is -2.06. The zero-order chi connectivity index (χ0) is 18.7. The summed E-state index contributed by atoms with van der Waals surface area (Å²) in [7, 11) is 0. The highest BCUT2D eigenvalue weighted by atomic mass is 32.1. The molecule has 2 aromatic rings. The van der Waals surface area contributed by atoms with Gasteiger partial charge in [-0.2, -0.15) is 0 Å². The molecule has 1 aromatic heterocycles. The number of carbonyl (C=O) groups is 1. The highest BCUT2D eigenvalue weighted by Gasteiger charge is 2.24. The topological polar surface area (TPSA) is 61.4 Å². The minimum Gasteiger partial charge on any atom is -0.344 e. The molecule has 0 unspecified atom stereocenters. The summed E-state index contributed by atoms with van der Waals surface area (Å²) in [6, 6.07) is 6.20. The van der Waals surface area contributed by atoms with Crippen LogP contribution in [0.5, 0.6) is 0 Å². The summed E-state index contributed by atoms with van der Waals surface area (Å²) < 4.78 is 13.6. The van der Waals surface area contributed by atoms with Crippen LogP contribution in [0.1, 0.15) is 25.8 Å². The molecule has 26 heavy (non-hydrogen) atoms. The van der Waals surface area contributed by atoms with Crippen LogP contribution in [0, 0.1) is 5.82 Å². The number of halogens is 1. The maximum atomic E-state index is 13.6. The molecule has 0 spiro atoms. The molecule has 6 nitrogen and oxygen atoms in total. The number of nitrogens with one attached hydrogen (secondary N) is 1. The Morgan fingerprint density at radius 2 is 1.88 bits per heavy atom. The molecule has 2 heterocycles. The van der Waals surface area contributed by atoms with Crippen LogP contribution in [0.15, 0.2) is 24.3 Å².